The Hall–Kier alpha value is -3.53. The van der Waals surface area contributed by atoms with Gasteiger partial charge >= 0.3 is 0 Å². The van der Waals surface area contributed by atoms with Gasteiger partial charge in [-0.3, -0.25) is 0 Å². The quantitative estimate of drug-likeness (QED) is 0.446. The summed E-state index contributed by atoms with van der Waals surface area (Å²) in [6.07, 6.45) is 0. The maximum atomic E-state index is 13.2. The van der Waals surface area contributed by atoms with Gasteiger partial charge in [0.2, 0.25) is 0 Å². The van der Waals surface area contributed by atoms with E-state index >= 15 is 0 Å². The highest BCUT2D eigenvalue weighted by Gasteiger charge is 2.50. The van der Waals surface area contributed by atoms with Gasteiger partial charge in [0, 0.05) is 16.9 Å². The Labute approximate surface area is 189 Å². The Morgan fingerprint density at radius 3 is 2.22 bits per heavy atom. The highest BCUT2D eigenvalue weighted by molar-refractivity contribution is 7.14. The largest absolute Gasteiger partial charge is 0.394 e. The third-order valence-corrected chi connectivity index (χ3v) is 6.84. The zero-order valence-electron chi connectivity index (χ0n) is 17.1. The fraction of sp³-hybridized carbons (Fsp3) is 0.154. The van der Waals surface area contributed by atoms with E-state index < -0.39 is 6.04 Å². The summed E-state index contributed by atoms with van der Waals surface area (Å²) in [6, 6.07) is 26.0. The molecular weight excluding hydrogens is 421 g/mol. The van der Waals surface area contributed by atoms with E-state index in [4.69, 9.17) is 4.98 Å². The van der Waals surface area contributed by atoms with Gasteiger partial charge in [0.05, 0.1) is 24.4 Å². The summed E-state index contributed by atoms with van der Waals surface area (Å²) < 4.78 is 13.2. The minimum atomic E-state index is -0.404. The van der Waals surface area contributed by atoms with Crippen LogP contribution in [0.25, 0.3) is 22.4 Å². The lowest BCUT2D eigenvalue weighted by atomic mass is 9.76. The van der Waals surface area contributed by atoms with Crippen molar-refractivity contribution in [1.29, 1.82) is 5.26 Å². The molecule has 1 saturated heterocycles. The normalized spacial score (nSPS) is 19.9. The molecule has 1 N–H and O–H groups in total. The molecule has 1 aromatic heterocycles. The van der Waals surface area contributed by atoms with Crippen LogP contribution in [0.3, 0.4) is 0 Å². The second-order valence-electron chi connectivity index (χ2n) is 7.77. The standard InChI is InChI=1S/C26H20FN3OS/c27-21-12-10-18(11-13-21)17-6-8-20(9-7-17)25-23(14-28)30(24(25)15-31)26-29-22(16-32-26)19-4-2-1-3-5-19/h1-13,16,23-25,31H,15H2/t23-,24+,25-/m0/s1. The molecule has 0 bridgehead atoms. The minimum absolute atomic E-state index is 0.0667. The van der Waals surface area contributed by atoms with E-state index in [-0.39, 0.29) is 24.4 Å². The predicted octanol–water partition coefficient (Wildman–Crippen LogP) is 5.47. The molecule has 4 nitrogen and oxygen atoms in total. The van der Waals surface area contributed by atoms with E-state index in [0.717, 1.165) is 33.1 Å². The van der Waals surface area contributed by atoms with Gasteiger partial charge in [-0.15, -0.1) is 11.3 Å². The first-order valence-corrected chi connectivity index (χ1v) is 11.2. The number of rotatable bonds is 5. The van der Waals surface area contributed by atoms with E-state index in [1.165, 1.54) is 23.5 Å². The van der Waals surface area contributed by atoms with Crippen LogP contribution < -0.4 is 4.90 Å². The van der Waals surface area contributed by atoms with Crippen LogP contribution in [0.4, 0.5) is 9.52 Å². The van der Waals surface area contributed by atoms with Crippen molar-refractivity contribution in [3.63, 3.8) is 0 Å². The molecule has 0 aliphatic carbocycles. The van der Waals surface area contributed by atoms with Crippen LogP contribution in [0, 0.1) is 17.1 Å². The summed E-state index contributed by atoms with van der Waals surface area (Å²) in [4.78, 5) is 6.67. The lowest BCUT2D eigenvalue weighted by molar-refractivity contribution is 0.187. The van der Waals surface area contributed by atoms with Gasteiger partial charge in [0.15, 0.2) is 5.13 Å². The Balaban J connectivity index is 1.40. The molecule has 0 unspecified atom stereocenters. The summed E-state index contributed by atoms with van der Waals surface area (Å²) in [5.74, 6) is -0.378. The van der Waals surface area contributed by atoms with Crippen LogP contribution in [0.5, 0.6) is 0 Å². The Morgan fingerprint density at radius 1 is 0.938 bits per heavy atom. The van der Waals surface area contributed by atoms with Gasteiger partial charge in [0.1, 0.15) is 11.9 Å². The number of aliphatic hydroxyl groups is 1. The molecule has 32 heavy (non-hydrogen) atoms. The first-order chi connectivity index (χ1) is 15.7. The van der Waals surface area contributed by atoms with Gasteiger partial charge < -0.3 is 10.0 Å². The van der Waals surface area contributed by atoms with Crippen molar-refractivity contribution >= 4 is 16.5 Å². The Kier molecular flexibility index (Phi) is 5.44. The molecule has 4 aromatic rings. The molecular formula is C26H20FN3OS. The van der Waals surface area contributed by atoms with Crippen LogP contribution in [0.15, 0.2) is 84.2 Å². The molecule has 1 fully saturated rings. The molecule has 0 spiro atoms. The van der Waals surface area contributed by atoms with E-state index in [0.29, 0.717) is 0 Å². The molecule has 1 aliphatic heterocycles. The van der Waals surface area contributed by atoms with Crippen molar-refractivity contribution in [2.75, 3.05) is 11.5 Å². The first kappa shape index (κ1) is 20.4. The third-order valence-electron chi connectivity index (χ3n) is 5.99. The van der Waals surface area contributed by atoms with Crippen molar-refractivity contribution in [2.24, 2.45) is 0 Å². The molecule has 2 heterocycles. The van der Waals surface area contributed by atoms with Crippen LogP contribution in [-0.4, -0.2) is 28.8 Å². The number of aliphatic hydroxyl groups excluding tert-OH is 1. The van der Waals surface area contributed by atoms with Gasteiger partial charge in [-0.2, -0.15) is 5.26 Å². The lowest BCUT2D eigenvalue weighted by Gasteiger charge is -2.51. The number of hydrogen-bond acceptors (Lipinski definition) is 5. The highest BCUT2D eigenvalue weighted by Crippen LogP contribution is 2.45. The van der Waals surface area contributed by atoms with E-state index in [2.05, 4.69) is 6.07 Å². The summed E-state index contributed by atoms with van der Waals surface area (Å²) in [7, 11) is 0. The number of anilines is 1. The molecule has 0 amide bonds. The molecule has 3 aromatic carbocycles. The topological polar surface area (TPSA) is 60.1 Å². The van der Waals surface area contributed by atoms with Gasteiger partial charge in [-0.25, -0.2) is 9.37 Å². The third kappa shape index (κ3) is 3.56. The molecule has 158 valence electrons. The van der Waals surface area contributed by atoms with Crippen LogP contribution in [0.1, 0.15) is 11.5 Å². The van der Waals surface area contributed by atoms with Crippen LogP contribution in [0.2, 0.25) is 0 Å². The monoisotopic (exact) mass is 441 g/mol. The summed E-state index contributed by atoms with van der Waals surface area (Å²) >= 11 is 1.49. The second kappa shape index (κ2) is 8.54. The van der Waals surface area contributed by atoms with Crippen LogP contribution in [-0.2, 0) is 0 Å². The molecule has 5 rings (SSSR count). The number of nitrogens with zero attached hydrogens (tertiary/aromatic N) is 3. The van der Waals surface area contributed by atoms with Gasteiger partial charge in [-0.05, 0) is 28.8 Å². The first-order valence-electron chi connectivity index (χ1n) is 10.4. The maximum absolute atomic E-state index is 13.2. The number of aromatic nitrogens is 1. The molecule has 3 atom stereocenters. The minimum Gasteiger partial charge on any atom is -0.394 e. The maximum Gasteiger partial charge on any atom is 0.187 e. The van der Waals surface area contributed by atoms with E-state index in [1.54, 1.807) is 12.1 Å². The van der Waals surface area contributed by atoms with Gasteiger partial charge in [0.25, 0.3) is 0 Å². The number of hydrogen-bond donors (Lipinski definition) is 1. The summed E-state index contributed by atoms with van der Waals surface area (Å²) in [6.45, 7) is -0.0667. The van der Waals surface area contributed by atoms with Crippen molar-refractivity contribution in [2.45, 2.75) is 18.0 Å². The molecule has 0 radical (unpaired) electrons. The summed E-state index contributed by atoms with van der Waals surface area (Å²) in [5.41, 5.74) is 4.80. The zero-order chi connectivity index (χ0) is 22.1. The Morgan fingerprint density at radius 2 is 1.59 bits per heavy atom. The van der Waals surface area contributed by atoms with Gasteiger partial charge in [-0.1, -0.05) is 66.7 Å². The lowest BCUT2D eigenvalue weighted by Crippen LogP contribution is -2.63. The summed E-state index contributed by atoms with van der Waals surface area (Å²) in [5, 5.41) is 22.8. The fourth-order valence-electron chi connectivity index (χ4n) is 4.34. The Bertz CT molecular complexity index is 1250. The predicted molar refractivity (Wildman–Crippen MR) is 125 cm³/mol. The number of thiazole rings is 1. The van der Waals surface area contributed by atoms with Crippen molar-refractivity contribution in [3.05, 3.63) is 95.6 Å². The van der Waals surface area contributed by atoms with Crippen molar-refractivity contribution < 1.29 is 9.50 Å². The fourth-order valence-corrected chi connectivity index (χ4v) is 5.26. The van der Waals surface area contributed by atoms with E-state index in [9.17, 15) is 14.8 Å². The smallest absolute Gasteiger partial charge is 0.187 e. The number of nitriles is 1. The molecule has 1 aliphatic rings. The van der Waals surface area contributed by atoms with Crippen molar-refractivity contribution in [3.8, 4) is 28.5 Å². The molecule has 0 saturated carbocycles. The SMILES string of the molecule is N#C[C@H]1[C@H](c2ccc(-c3ccc(F)cc3)cc2)[C@@H](CO)N1c1nc(-c2ccccc2)cs1. The van der Waals surface area contributed by atoms with E-state index in [1.807, 2.05) is 64.9 Å². The number of halogens is 1. The average molecular weight is 442 g/mol. The molecule has 6 heteroatoms. The second-order valence-corrected chi connectivity index (χ2v) is 8.60. The van der Waals surface area contributed by atoms with Crippen molar-refractivity contribution in [1.82, 2.24) is 4.98 Å². The highest BCUT2D eigenvalue weighted by atomic mass is 32.1. The average Bonchev–Trinajstić information content (AvgIpc) is 3.30. The van der Waals surface area contributed by atoms with Crippen LogP contribution >= 0.6 is 11.3 Å². The zero-order valence-corrected chi connectivity index (χ0v) is 17.9. The number of benzene rings is 3.